The molecule has 1 aromatic heterocycles. The number of amides is 1. The Morgan fingerprint density at radius 2 is 1.60 bits per heavy atom. The van der Waals surface area contributed by atoms with Crippen molar-refractivity contribution in [3.05, 3.63) is 99.9 Å². The first-order valence-electron chi connectivity index (χ1n) is 8.87. The molecule has 30 heavy (non-hydrogen) atoms. The highest BCUT2D eigenvalue weighted by atomic mass is 16.6. The lowest BCUT2D eigenvalue weighted by molar-refractivity contribution is -0.384. The average molecular weight is 402 g/mol. The summed E-state index contributed by atoms with van der Waals surface area (Å²) in [5.41, 5.74) is 0.461. The molecule has 148 valence electrons. The molecule has 2 aromatic carbocycles. The first-order chi connectivity index (χ1) is 14.5. The van der Waals surface area contributed by atoms with Crippen molar-refractivity contribution < 1.29 is 19.6 Å². The van der Waals surface area contributed by atoms with Crippen molar-refractivity contribution in [2.24, 2.45) is 0 Å². The topological polar surface area (TPSA) is 127 Å². The van der Waals surface area contributed by atoms with Gasteiger partial charge >= 0.3 is 5.91 Å². The Balaban J connectivity index is 1.93. The zero-order valence-electron chi connectivity index (χ0n) is 15.4. The van der Waals surface area contributed by atoms with Crippen LogP contribution in [0.4, 0.5) is 11.6 Å². The average Bonchev–Trinajstić information content (AvgIpc) is 3.05. The van der Waals surface area contributed by atoms with E-state index in [0.717, 1.165) is 4.90 Å². The molecular formula is C21H14N4O5. The maximum Gasteiger partial charge on any atom is 0.302 e. The quantitative estimate of drug-likeness (QED) is 0.234. The van der Waals surface area contributed by atoms with Crippen LogP contribution in [0, 0.1) is 10.1 Å². The van der Waals surface area contributed by atoms with E-state index in [0.29, 0.717) is 11.1 Å². The van der Waals surface area contributed by atoms with Gasteiger partial charge in [-0.25, -0.2) is 9.97 Å². The van der Waals surface area contributed by atoms with Gasteiger partial charge in [-0.1, -0.05) is 30.3 Å². The number of aromatic nitrogens is 2. The Morgan fingerprint density at radius 1 is 0.967 bits per heavy atom. The number of carbonyl (C=O) groups is 2. The SMILES string of the molecule is O=C1C(=O)N(c2ncccn2)[C@@H](c2ccc([N+](=O)[O-])cc2)C1=C(O)c1ccccc1. The van der Waals surface area contributed by atoms with Gasteiger partial charge in [-0.3, -0.25) is 24.6 Å². The predicted octanol–water partition coefficient (Wildman–Crippen LogP) is 3.01. The van der Waals surface area contributed by atoms with Gasteiger partial charge in [0.25, 0.3) is 11.5 Å². The lowest BCUT2D eigenvalue weighted by Crippen LogP contribution is -2.31. The highest BCUT2D eigenvalue weighted by Gasteiger charge is 2.48. The molecular weight excluding hydrogens is 388 g/mol. The predicted molar refractivity (Wildman–Crippen MR) is 106 cm³/mol. The van der Waals surface area contributed by atoms with E-state index in [2.05, 4.69) is 9.97 Å². The summed E-state index contributed by atoms with van der Waals surface area (Å²) in [7, 11) is 0. The van der Waals surface area contributed by atoms with E-state index in [-0.39, 0.29) is 23.0 Å². The van der Waals surface area contributed by atoms with E-state index in [1.165, 1.54) is 36.7 Å². The van der Waals surface area contributed by atoms with E-state index >= 15 is 0 Å². The number of aliphatic hydroxyl groups is 1. The van der Waals surface area contributed by atoms with Gasteiger partial charge in [-0.2, -0.15) is 0 Å². The second-order valence-corrected chi connectivity index (χ2v) is 6.43. The van der Waals surface area contributed by atoms with E-state index in [4.69, 9.17) is 0 Å². The van der Waals surface area contributed by atoms with Gasteiger partial charge < -0.3 is 5.11 Å². The minimum atomic E-state index is -1.05. The molecule has 0 unspecified atom stereocenters. The molecule has 1 N–H and O–H groups in total. The third kappa shape index (κ3) is 3.18. The zero-order chi connectivity index (χ0) is 21.3. The zero-order valence-corrected chi connectivity index (χ0v) is 15.4. The molecule has 0 bridgehead atoms. The fourth-order valence-electron chi connectivity index (χ4n) is 3.30. The smallest absolute Gasteiger partial charge is 0.302 e. The number of hydrogen-bond donors (Lipinski definition) is 1. The number of benzene rings is 2. The van der Waals surface area contributed by atoms with Gasteiger partial charge in [0.2, 0.25) is 5.95 Å². The van der Waals surface area contributed by atoms with Crippen LogP contribution in [0.5, 0.6) is 0 Å². The largest absolute Gasteiger partial charge is 0.507 e. The summed E-state index contributed by atoms with van der Waals surface area (Å²) >= 11 is 0. The summed E-state index contributed by atoms with van der Waals surface area (Å²) in [5, 5.41) is 21.9. The third-order valence-corrected chi connectivity index (χ3v) is 4.68. The second kappa shape index (κ2) is 7.55. The van der Waals surface area contributed by atoms with Crippen LogP contribution in [0.3, 0.4) is 0 Å². The molecule has 1 amide bonds. The molecule has 4 rings (SSSR count). The van der Waals surface area contributed by atoms with Crippen LogP contribution in [-0.4, -0.2) is 31.7 Å². The van der Waals surface area contributed by atoms with Crippen LogP contribution in [-0.2, 0) is 9.59 Å². The minimum Gasteiger partial charge on any atom is -0.507 e. The standard InChI is InChI=1S/C21H14N4O5/c26-18(14-5-2-1-3-6-14)16-17(13-7-9-15(10-8-13)25(29)30)24(20(28)19(16)27)21-22-11-4-12-23-21/h1-12,17,26H/t17-/m0/s1. The molecule has 1 fully saturated rings. The van der Waals surface area contributed by atoms with Gasteiger partial charge in [-0.05, 0) is 23.8 Å². The Labute approximate surface area is 170 Å². The van der Waals surface area contributed by atoms with Crippen LogP contribution in [0.1, 0.15) is 17.2 Å². The number of aliphatic hydroxyl groups excluding tert-OH is 1. The van der Waals surface area contributed by atoms with Crippen LogP contribution in [0.15, 0.2) is 78.6 Å². The van der Waals surface area contributed by atoms with Gasteiger partial charge in [-0.15, -0.1) is 0 Å². The van der Waals surface area contributed by atoms with Gasteiger partial charge in [0.1, 0.15) is 5.76 Å². The number of hydrogen-bond acceptors (Lipinski definition) is 7. The molecule has 1 atom stereocenters. The lowest BCUT2D eigenvalue weighted by Gasteiger charge is -2.23. The first kappa shape index (κ1) is 18.9. The number of nitro benzene ring substituents is 1. The molecule has 0 aliphatic carbocycles. The number of nitrogens with zero attached hydrogens (tertiary/aromatic N) is 4. The van der Waals surface area contributed by atoms with Crippen molar-refractivity contribution in [3.63, 3.8) is 0 Å². The lowest BCUT2D eigenvalue weighted by atomic mass is 9.95. The molecule has 9 nitrogen and oxygen atoms in total. The summed E-state index contributed by atoms with van der Waals surface area (Å²) in [4.78, 5) is 45.4. The van der Waals surface area contributed by atoms with Gasteiger partial charge in [0.15, 0.2) is 0 Å². The number of carbonyl (C=O) groups excluding carboxylic acids is 2. The van der Waals surface area contributed by atoms with Crippen molar-refractivity contribution in [3.8, 4) is 0 Å². The molecule has 3 aromatic rings. The monoisotopic (exact) mass is 402 g/mol. The molecule has 1 aliphatic heterocycles. The molecule has 0 spiro atoms. The van der Waals surface area contributed by atoms with Crippen LogP contribution in [0.2, 0.25) is 0 Å². The maximum absolute atomic E-state index is 12.9. The van der Waals surface area contributed by atoms with Crippen LogP contribution in [0.25, 0.3) is 5.76 Å². The van der Waals surface area contributed by atoms with Crippen molar-refractivity contribution in [2.45, 2.75) is 6.04 Å². The molecule has 2 heterocycles. The highest BCUT2D eigenvalue weighted by molar-refractivity contribution is 6.51. The van der Waals surface area contributed by atoms with Gasteiger partial charge in [0, 0.05) is 30.1 Å². The summed E-state index contributed by atoms with van der Waals surface area (Å²) < 4.78 is 0. The molecule has 0 radical (unpaired) electrons. The molecule has 1 aliphatic rings. The van der Waals surface area contributed by atoms with E-state index in [1.807, 2.05) is 0 Å². The number of non-ortho nitro benzene ring substituents is 1. The number of anilines is 1. The summed E-state index contributed by atoms with van der Waals surface area (Å²) in [6.07, 6.45) is 2.84. The van der Waals surface area contributed by atoms with Crippen molar-refractivity contribution >= 4 is 29.1 Å². The van der Waals surface area contributed by atoms with E-state index < -0.39 is 22.7 Å². The fourth-order valence-corrected chi connectivity index (χ4v) is 3.30. The normalized spacial score (nSPS) is 17.9. The molecule has 1 saturated heterocycles. The number of ketones is 1. The van der Waals surface area contributed by atoms with Crippen molar-refractivity contribution in [1.82, 2.24) is 9.97 Å². The van der Waals surface area contributed by atoms with Crippen molar-refractivity contribution in [1.29, 1.82) is 0 Å². The second-order valence-electron chi connectivity index (χ2n) is 6.43. The summed E-state index contributed by atoms with van der Waals surface area (Å²) in [5.74, 6) is -2.17. The highest BCUT2D eigenvalue weighted by Crippen LogP contribution is 2.41. The Bertz CT molecular complexity index is 1160. The maximum atomic E-state index is 12.9. The van der Waals surface area contributed by atoms with Gasteiger partial charge in [0.05, 0.1) is 16.5 Å². The first-order valence-corrected chi connectivity index (χ1v) is 8.87. The summed E-state index contributed by atoms with van der Waals surface area (Å²) in [6.45, 7) is 0. The Hall–Kier alpha value is -4.40. The van der Waals surface area contributed by atoms with Crippen LogP contribution >= 0.6 is 0 Å². The third-order valence-electron chi connectivity index (χ3n) is 4.68. The molecule has 9 heteroatoms. The number of nitro groups is 1. The Kier molecular flexibility index (Phi) is 4.77. The number of Topliss-reactive ketones (excluding diaryl/α,β-unsaturated/α-hetero) is 1. The Morgan fingerprint density at radius 3 is 2.20 bits per heavy atom. The van der Waals surface area contributed by atoms with Crippen LogP contribution < -0.4 is 4.90 Å². The minimum absolute atomic E-state index is 0.0185. The fraction of sp³-hybridized carbons (Fsp3) is 0.0476. The van der Waals surface area contributed by atoms with E-state index in [1.54, 1.807) is 36.4 Å². The summed E-state index contributed by atoms with van der Waals surface area (Å²) in [6, 6.07) is 14.3. The number of rotatable bonds is 4. The van der Waals surface area contributed by atoms with E-state index in [9.17, 15) is 24.8 Å². The van der Waals surface area contributed by atoms with Crippen molar-refractivity contribution in [2.75, 3.05) is 4.90 Å². The molecule has 0 saturated carbocycles.